The van der Waals surface area contributed by atoms with Crippen LogP contribution in [0.4, 0.5) is 11.5 Å². The van der Waals surface area contributed by atoms with E-state index >= 15 is 0 Å². The van der Waals surface area contributed by atoms with Gasteiger partial charge in [-0.2, -0.15) is 0 Å². The molecule has 0 unspecified atom stereocenters. The van der Waals surface area contributed by atoms with Crippen molar-refractivity contribution in [3.63, 3.8) is 0 Å². The molecule has 2 rings (SSSR count). The first-order chi connectivity index (χ1) is 8.58. The molecule has 0 saturated heterocycles. The number of amides is 1. The summed E-state index contributed by atoms with van der Waals surface area (Å²) < 4.78 is 0.629. The number of anilines is 2. The normalized spacial score (nSPS) is 10.1. The van der Waals surface area contributed by atoms with E-state index in [4.69, 9.17) is 17.3 Å². The number of rotatable bonds is 2. The zero-order valence-corrected chi connectivity index (χ0v) is 11.5. The molecule has 3 N–H and O–H groups in total. The standard InChI is InChI=1S/C12H9BrClN3O/c13-11-7(14)3-1-4-8(11)17-12(18)9-5-2-6-10(15)16-9/h1-6H,(H2,15,16)(H,17,18). The van der Waals surface area contributed by atoms with E-state index in [1.807, 2.05) is 0 Å². The molecule has 1 heterocycles. The fraction of sp³-hybridized carbons (Fsp3) is 0. The van der Waals surface area contributed by atoms with Crippen LogP contribution in [-0.4, -0.2) is 10.9 Å². The minimum Gasteiger partial charge on any atom is -0.384 e. The lowest BCUT2D eigenvalue weighted by Gasteiger charge is -2.08. The lowest BCUT2D eigenvalue weighted by Crippen LogP contribution is -2.14. The molecule has 6 heteroatoms. The third-order valence-corrected chi connectivity index (χ3v) is 3.60. The molecule has 4 nitrogen and oxygen atoms in total. The Hall–Kier alpha value is -1.59. The van der Waals surface area contributed by atoms with E-state index in [1.54, 1.807) is 36.4 Å². The average molecular weight is 327 g/mol. The van der Waals surface area contributed by atoms with Crippen LogP contribution < -0.4 is 11.1 Å². The van der Waals surface area contributed by atoms with Gasteiger partial charge in [-0.25, -0.2) is 4.98 Å². The maximum absolute atomic E-state index is 11.9. The second kappa shape index (κ2) is 5.37. The Labute approximate surface area is 117 Å². The van der Waals surface area contributed by atoms with Gasteiger partial charge < -0.3 is 11.1 Å². The molecule has 18 heavy (non-hydrogen) atoms. The summed E-state index contributed by atoms with van der Waals surface area (Å²) in [5.74, 6) is -0.0434. The number of aromatic nitrogens is 1. The number of benzene rings is 1. The highest BCUT2D eigenvalue weighted by molar-refractivity contribution is 9.10. The fourth-order valence-electron chi connectivity index (χ4n) is 1.36. The largest absolute Gasteiger partial charge is 0.384 e. The van der Waals surface area contributed by atoms with Crippen molar-refractivity contribution < 1.29 is 4.79 Å². The summed E-state index contributed by atoms with van der Waals surface area (Å²) in [6, 6.07) is 10.1. The van der Waals surface area contributed by atoms with E-state index in [1.165, 1.54) is 0 Å². The topological polar surface area (TPSA) is 68.0 Å². The van der Waals surface area contributed by atoms with Crippen LogP contribution in [0, 0.1) is 0 Å². The van der Waals surface area contributed by atoms with Crippen molar-refractivity contribution in [2.75, 3.05) is 11.1 Å². The summed E-state index contributed by atoms with van der Waals surface area (Å²) in [6.07, 6.45) is 0. The van der Waals surface area contributed by atoms with Crippen molar-refractivity contribution in [2.24, 2.45) is 0 Å². The molecule has 1 aromatic heterocycles. The van der Waals surface area contributed by atoms with Gasteiger partial charge in [0, 0.05) is 0 Å². The first kappa shape index (κ1) is 12.9. The molecule has 0 atom stereocenters. The summed E-state index contributed by atoms with van der Waals surface area (Å²) in [4.78, 5) is 15.9. The summed E-state index contributed by atoms with van der Waals surface area (Å²) in [5.41, 5.74) is 6.35. The quantitative estimate of drug-likeness (QED) is 0.889. The molecule has 0 bridgehead atoms. The molecule has 2 aromatic rings. The van der Waals surface area contributed by atoms with Gasteiger partial charge in [-0.3, -0.25) is 4.79 Å². The van der Waals surface area contributed by atoms with E-state index in [0.717, 1.165) is 0 Å². The van der Waals surface area contributed by atoms with Gasteiger partial charge in [0.25, 0.3) is 5.91 Å². The van der Waals surface area contributed by atoms with Gasteiger partial charge in [-0.15, -0.1) is 0 Å². The highest BCUT2D eigenvalue weighted by Crippen LogP contribution is 2.30. The maximum atomic E-state index is 11.9. The molecular weight excluding hydrogens is 318 g/mol. The van der Waals surface area contributed by atoms with Gasteiger partial charge >= 0.3 is 0 Å². The minimum atomic E-state index is -0.342. The Kier molecular flexibility index (Phi) is 3.84. The maximum Gasteiger partial charge on any atom is 0.274 e. The van der Waals surface area contributed by atoms with Crippen molar-refractivity contribution in [1.29, 1.82) is 0 Å². The fourth-order valence-corrected chi connectivity index (χ4v) is 1.90. The second-order valence-electron chi connectivity index (χ2n) is 3.50. The van der Waals surface area contributed by atoms with Gasteiger partial charge in [0.05, 0.1) is 15.2 Å². The van der Waals surface area contributed by atoms with Crippen LogP contribution in [0.5, 0.6) is 0 Å². The van der Waals surface area contributed by atoms with Crippen LogP contribution in [0.1, 0.15) is 10.5 Å². The lowest BCUT2D eigenvalue weighted by molar-refractivity contribution is 0.102. The van der Waals surface area contributed by atoms with Crippen molar-refractivity contribution in [3.05, 3.63) is 51.6 Å². The van der Waals surface area contributed by atoms with Crippen LogP contribution in [0.3, 0.4) is 0 Å². The van der Waals surface area contributed by atoms with Crippen LogP contribution in [0.15, 0.2) is 40.9 Å². The lowest BCUT2D eigenvalue weighted by atomic mass is 10.3. The monoisotopic (exact) mass is 325 g/mol. The molecular formula is C12H9BrClN3O. The summed E-state index contributed by atoms with van der Waals surface area (Å²) >= 11 is 9.24. The van der Waals surface area contributed by atoms with Gasteiger partial charge in [0.2, 0.25) is 0 Å². The van der Waals surface area contributed by atoms with Gasteiger partial charge in [0.15, 0.2) is 0 Å². The van der Waals surface area contributed by atoms with Crippen LogP contribution >= 0.6 is 27.5 Å². The highest BCUT2D eigenvalue weighted by Gasteiger charge is 2.11. The summed E-state index contributed by atoms with van der Waals surface area (Å²) in [7, 11) is 0. The average Bonchev–Trinajstić information content (AvgIpc) is 2.35. The number of nitrogens with two attached hydrogens (primary N) is 1. The second-order valence-corrected chi connectivity index (χ2v) is 4.70. The number of carbonyl (C=O) groups is 1. The molecule has 0 aliphatic rings. The number of nitrogens with one attached hydrogen (secondary N) is 1. The Morgan fingerprint density at radius 1 is 1.28 bits per heavy atom. The molecule has 0 fully saturated rings. The van der Waals surface area contributed by atoms with E-state index < -0.39 is 0 Å². The third-order valence-electron chi connectivity index (χ3n) is 2.20. The number of nitrogens with zero attached hydrogens (tertiary/aromatic N) is 1. The first-order valence-corrected chi connectivity index (χ1v) is 6.23. The summed E-state index contributed by atoms with van der Waals surface area (Å²) in [6.45, 7) is 0. The van der Waals surface area contributed by atoms with E-state index in [-0.39, 0.29) is 11.6 Å². The number of nitrogen functional groups attached to an aromatic ring is 1. The van der Waals surface area contributed by atoms with Crippen LogP contribution in [0.2, 0.25) is 5.02 Å². The van der Waals surface area contributed by atoms with E-state index in [9.17, 15) is 4.79 Å². The smallest absolute Gasteiger partial charge is 0.274 e. The zero-order valence-electron chi connectivity index (χ0n) is 9.15. The molecule has 0 spiro atoms. The van der Waals surface area contributed by atoms with Crippen LogP contribution in [-0.2, 0) is 0 Å². The molecule has 0 radical (unpaired) electrons. The Morgan fingerprint density at radius 3 is 2.72 bits per heavy atom. The van der Waals surface area contributed by atoms with Gasteiger partial charge in [-0.1, -0.05) is 23.7 Å². The van der Waals surface area contributed by atoms with Crippen LogP contribution in [0.25, 0.3) is 0 Å². The number of halogens is 2. The van der Waals surface area contributed by atoms with Crippen molar-refractivity contribution in [3.8, 4) is 0 Å². The molecule has 0 aliphatic heterocycles. The molecule has 92 valence electrons. The van der Waals surface area contributed by atoms with E-state index in [0.29, 0.717) is 21.0 Å². The van der Waals surface area contributed by atoms with Gasteiger partial charge in [-0.05, 0) is 40.2 Å². The molecule has 0 saturated carbocycles. The Morgan fingerprint density at radius 2 is 2.00 bits per heavy atom. The Bertz CT molecular complexity index is 604. The number of hydrogen-bond donors (Lipinski definition) is 2. The van der Waals surface area contributed by atoms with Gasteiger partial charge in [0.1, 0.15) is 11.5 Å². The molecule has 1 aromatic carbocycles. The summed E-state index contributed by atoms with van der Waals surface area (Å²) in [5, 5.41) is 3.23. The molecule has 0 aliphatic carbocycles. The molecule has 1 amide bonds. The third kappa shape index (κ3) is 2.80. The number of pyridine rings is 1. The number of carbonyl (C=O) groups excluding carboxylic acids is 1. The predicted octanol–water partition coefficient (Wildman–Crippen LogP) is 3.33. The van der Waals surface area contributed by atoms with Crippen molar-refractivity contribution in [2.45, 2.75) is 0 Å². The SMILES string of the molecule is Nc1cccc(C(=O)Nc2cccc(Cl)c2Br)n1. The highest BCUT2D eigenvalue weighted by atomic mass is 79.9. The van der Waals surface area contributed by atoms with Crippen molar-refractivity contribution >= 4 is 44.9 Å². The zero-order chi connectivity index (χ0) is 13.1. The number of hydrogen-bond acceptors (Lipinski definition) is 3. The van der Waals surface area contributed by atoms with Crippen molar-refractivity contribution in [1.82, 2.24) is 4.98 Å². The predicted molar refractivity (Wildman–Crippen MR) is 75.8 cm³/mol. The van der Waals surface area contributed by atoms with E-state index in [2.05, 4.69) is 26.2 Å². The first-order valence-electron chi connectivity index (χ1n) is 5.06. The Balaban J connectivity index is 2.24. The minimum absolute atomic E-state index is 0.252.